The smallest absolute Gasteiger partial charge is 0.353 e. The predicted molar refractivity (Wildman–Crippen MR) is 85.9 cm³/mol. The first-order chi connectivity index (χ1) is 11.1. The Labute approximate surface area is 132 Å². The average molecular weight is 314 g/mol. The van der Waals surface area contributed by atoms with Gasteiger partial charge in [0.1, 0.15) is 5.69 Å². The van der Waals surface area contributed by atoms with E-state index in [2.05, 4.69) is 9.97 Å². The molecule has 6 nitrogen and oxygen atoms in total. The van der Waals surface area contributed by atoms with Gasteiger partial charge in [-0.05, 0) is 29.9 Å². The average Bonchev–Trinajstić information content (AvgIpc) is 2.55. The first-order valence-electron chi connectivity index (χ1n) is 7.76. The number of H-pyrrole nitrogens is 2. The minimum absolute atomic E-state index is 0.00485. The van der Waals surface area contributed by atoms with E-state index < -0.39 is 17.2 Å². The molecule has 2 aromatic rings. The minimum Gasteiger partial charge on any atom is -0.477 e. The highest BCUT2D eigenvalue weighted by atomic mass is 16.4. The topological polar surface area (TPSA) is 103 Å². The molecule has 1 fully saturated rings. The molecule has 1 aliphatic rings. The van der Waals surface area contributed by atoms with Crippen molar-refractivity contribution >= 4 is 5.97 Å². The zero-order valence-corrected chi connectivity index (χ0v) is 12.6. The Bertz CT molecular complexity index is 844. The molecule has 0 aliphatic heterocycles. The van der Waals surface area contributed by atoms with Crippen molar-refractivity contribution in [3.63, 3.8) is 0 Å². The van der Waals surface area contributed by atoms with Crippen molar-refractivity contribution in [2.75, 3.05) is 0 Å². The fourth-order valence-electron chi connectivity index (χ4n) is 3.31. The third kappa shape index (κ3) is 3.11. The van der Waals surface area contributed by atoms with Crippen LogP contribution in [-0.4, -0.2) is 21.0 Å². The van der Waals surface area contributed by atoms with Crippen molar-refractivity contribution in [1.82, 2.24) is 9.97 Å². The Hall–Kier alpha value is -2.63. The summed E-state index contributed by atoms with van der Waals surface area (Å²) < 4.78 is 0. The number of carboxylic acids is 1. The van der Waals surface area contributed by atoms with Crippen LogP contribution in [0, 0.1) is 0 Å². The van der Waals surface area contributed by atoms with E-state index in [1.165, 1.54) is 19.3 Å². The summed E-state index contributed by atoms with van der Waals surface area (Å²) in [7, 11) is 0. The molecule has 3 rings (SSSR count). The molecule has 1 heterocycles. The van der Waals surface area contributed by atoms with Gasteiger partial charge in [-0.3, -0.25) is 9.78 Å². The Morgan fingerprint density at radius 1 is 1.09 bits per heavy atom. The number of nitrogens with one attached hydrogen (secondary N) is 2. The summed E-state index contributed by atoms with van der Waals surface area (Å²) in [4.78, 5) is 39.1. The molecule has 1 aromatic carbocycles. The highest BCUT2D eigenvalue weighted by molar-refractivity contribution is 5.93. The number of hydrogen-bond donors (Lipinski definition) is 3. The van der Waals surface area contributed by atoms with Gasteiger partial charge in [-0.1, -0.05) is 43.5 Å². The molecule has 0 radical (unpaired) electrons. The molecule has 0 bridgehead atoms. The molecule has 0 unspecified atom stereocenters. The van der Waals surface area contributed by atoms with Gasteiger partial charge in [0.15, 0.2) is 0 Å². The quantitative estimate of drug-likeness (QED) is 0.809. The van der Waals surface area contributed by atoms with Gasteiger partial charge >= 0.3 is 11.7 Å². The van der Waals surface area contributed by atoms with Gasteiger partial charge in [-0.25, -0.2) is 9.59 Å². The van der Waals surface area contributed by atoms with Crippen LogP contribution in [0.3, 0.4) is 0 Å². The summed E-state index contributed by atoms with van der Waals surface area (Å²) >= 11 is 0. The van der Waals surface area contributed by atoms with Gasteiger partial charge in [-0.2, -0.15) is 0 Å². The number of carboxylic acid groups (broad SMARTS) is 1. The van der Waals surface area contributed by atoms with E-state index in [0.717, 1.165) is 18.4 Å². The lowest BCUT2D eigenvalue weighted by atomic mass is 9.83. The molecular weight excluding hydrogens is 296 g/mol. The third-order valence-electron chi connectivity index (χ3n) is 4.41. The van der Waals surface area contributed by atoms with Crippen molar-refractivity contribution in [2.45, 2.75) is 38.0 Å². The molecule has 0 amide bonds. The van der Waals surface area contributed by atoms with E-state index >= 15 is 0 Å². The van der Waals surface area contributed by atoms with Crippen LogP contribution in [0.25, 0.3) is 11.1 Å². The van der Waals surface area contributed by atoms with Gasteiger partial charge in [0.2, 0.25) is 0 Å². The largest absolute Gasteiger partial charge is 0.477 e. The molecule has 23 heavy (non-hydrogen) atoms. The van der Waals surface area contributed by atoms with Crippen molar-refractivity contribution in [1.29, 1.82) is 0 Å². The Morgan fingerprint density at radius 3 is 2.52 bits per heavy atom. The van der Waals surface area contributed by atoms with E-state index in [0.29, 0.717) is 11.5 Å². The Balaban J connectivity index is 2.11. The van der Waals surface area contributed by atoms with Crippen LogP contribution in [0.2, 0.25) is 0 Å². The summed E-state index contributed by atoms with van der Waals surface area (Å²) in [5.41, 5.74) is -0.257. The molecule has 0 saturated heterocycles. The molecule has 6 heteroatoms. The second kappa shape index (κ2) is 6.24. The summed E-state index contributed by atoms with van der Waals surface area (Å²) in [5, 5.41) is 9.27. The van der Waals surface area contributed by atoms with Crippen molar-refractivity contribution in [3.05, 3.63) is 56.4 Å². The number of carbonyl (C=O) groups is 1. The molecule has 3 N–H and O–H groups in total. The highest BCUT2D eigenvalue weighted by Gasteiger charge is 2.20. The predicted octanol–water partition coefficient (Wildman–Crippen LogP) is 2.48. The van der Waals surface area contributed by atoms with Gasteiger partial charge < -0.3 is 10.1 Å². The van der Waals surface area contributed by atoms with Crippen LogP contribution in [-0.2, 0) is 0 Å². The molecule has 0 spiro atoms. The van der Waals surface area contributed by atoms with Gasteiger partial charge in [0.25, 0.3) is 5.56 Å². The second-order valence-corrected chi connectivity index (χ2v) is 5.92. The van der Waals surface area contributed by atoms with E-state index in [9.17, 15) is 19.5 Å². The lowest BCUT2D eigenvalue weighted by Gasteiger charge is -2.22. The van der Waals surface area contributed by atoms with E-state index in [4.69, 9.17) is 0 Å². The maximum Gasteiger partial charge on any atom is 0.353 e. The fraction of sp³-hybridized carbons (Fsp3) is 0.353. The minimum atomic E-state index is -1.33. The standard InChI is InChI=1S/C17H18N2O4/c20-15-13(14(16(21)22)18-17(23)19-15)12-8-4-7-11(9-12)10-5-2-1-3-6-10/h4,7-10H,1-3,5-6H2,(H,21,22)(H2,18,19,20,23). The summed E-state index contributed by atoms with van der Waals surface area (Å²) in [5.74, 6) is -0.884. The number of benzene rings is 1. The molecule has 1 aromatic heterocycles. The Morgan fingerprint density at radius 2 is 1.83 bits per heavy atom. The van der Waals surface area contributed by atoms with Gasteiger partial charge in [0.05, 0.1) is 5.56 Å². The fourth-order valence-corrected chi connectivity index (χ4v) is 3.31. The molecule has 1 saturated carbocycles. The normalized spacial score (nSPS) is 15.5. The number of hydrogen-bond acceptors (Lipinski definition) is 3. The van der Waals surface area contributed by atoms with Crippen LogP contribution in [0.5, 0.6) is 0 Å². The first-order valence-corrected chi connectivity index (χ1v) is 7.76. The Kier molecular flexibility index (Phi) is 4.14. The SMILES string of the molecule is O=C(O)c1[nH]c(=O)[nH]c(=O)c1-c1cccc(C2CCCCC2)c1. The van der Waals surface area contributed by atoms with Crippen LogP contribution < -0.4 is 11.2 Å². The van der Waals surface area contributed by atoms with Crippen molar-refractivity contribution in [2.24, 2.45) is 0 Å². The first kappa shape index (κ1) is 15.3. The molecular formula is C17H18N2O4. The van der Waals surface area contributed by atoms with Crippen LogP contribution in [0.1, 0.15) is 54.1 Å². The number of rotatable bonds is 3. The second-order valence-electron chi connectivity index (χ2n) is 5.92. The zero-order valence-electron chi connectivity index (χ0n) is 12.6. The maximum absolute atomic E-state index is 12.1. The van der Waals surface area contributed by atoms with Crippen LogP contribution >= 0.6 is 0 Å². The molecule has 120 valence electrons. The molecule has 1 aliphatic carbocycles. The zero-order chi connectivity index (χ0) is 16.4. The summed E-state index contributed by atoms with van der Waals surface area (Å²) in [6.07, 6.45) is 5.84. The van der Waals surface area contributed by atoms with Crippen LogP contribution in [0.4, 0.5) is 0 Å². The number of aromatic amines is 2. The summed E-state index contributed by atoms with van der Waals surface area (Å²) in [6.45, 7) is 0. The number of aromatic nitrogens is 2. The lowest BCUT2D eigenvalue weighted by molar-refractivity contribution is 0.0690. The van der Waals surface area contributed by atoms with Crippen LogP contribution in [0.15, 0.2) is 33.9 Å². The van der Waals surface area contributed by atoms with Gasteiger partial charge in [-0.15, -0.1) is 0 Å². The third-order valence-corrected chi connectivity index (χ3v) is 4.41. The van der Waals surface area contributed by atoms with Crippen molar-refractivity contribution < 1.29 is 9.90 Å². The van der Waals surface area contributed by atoms with E-state index in [-0.39, 0.29) is 11.3 Å². The highest BCUT2D eigenvalue weighted by Crippen LogP contribution is 2.34. The summed E-state index contributed by atoms with van der Waals surface area (Å²) in [6, 6.07) is 7.40. The molecule has 0 atom stereocenters. The monoisotopic (exact) mass is 314 g/mol. The van der Waals surface area contributed by atoms with Gasteiger partial charge in [0, 0.05) is 0 Å². The van der Waals surface area contributed by atoms with E-state index in [1.807, 2.05) is 18.2 Å². The van der Waals surface area contributed by atoms with Crippen molar-refractivity contribution in [3.8, 4) is 11.1 Å². The lowest BCUT2D eigenvalue weighted by Crippen LogP contribution is -2.28. The number of aromatic carboxylic acids is 1. The maximum atomic E-state index is 12.1. The van der Waals surface area contributed by atoms with E-state index in [1.54, 1.807) is 6.07 Å².